The normalized spacial score (nSPS) is 10.9. The van der Waals surface area contributed by atoms with Gasteiger partial charge in [0.25, 0.3) is 0 Å². The fourth-order valence-electron chi connectivity index (χ4n) is 1.66. The van der Waals surface area contributed by atoms with Crippen LogP contribution >= 0.6 is 15.9 Å². The van der Waals surface area contributed by atoms with Crippen LogP contribution in [0, 0.1) is 0 Å². The van der Waals surface area contributed by atoms with Crippen LogP contribution in [0.15, 0.2) is 12.7 Å². The highest BCUT2D eigenvalue weighted by Crippen LogP contribution is 2.19. The maximum atomic E-state index is 4.33. The van der Waals surface area contributed by atoms with Gasteiger partial charge in [0.2, 0.25) is 0 Å². The zero-order valence-electron chi connectivity index (χ0n) is 9.15. The number of rotatable bonds is 5. The summed E-state index contributed by atoms with van der Waals surface area (Å²) in [6, 6.07) is 0. The van der Waals surface area contributed by atoms with Crippen molar-refractivity contribution >= 4 is 32.9 Å². The molecule has 0 radical (unpaired) electrons. The van der Waals surface area contributed by atoms with Gasteiger partial charge < -0.3 is 9.88 Å². The van der Waals surface area contributed by atoms with E-state index in [1.165, 1.54) is 0 Å². The molecule has 2 aromatic heterocycles. The molecule has 0 aliphatic heterocycles. The first-order valence-corrected chi connectivity index (χ1v) is 6.44. The Labute approximate surface area is 102 Å². The third-order valence-electron chi connectivity index (χ3n) is 2.45. The van der Waals surface area contributed by atoms with E-state index in [9.17, 15) is 0 Å². The predicted octanol–water partition coefficient (Wildman–Crippen LogP) is 1.96. The third kappa shape index (κ3) is 2.16. The number of aromatic amines is 1. The van der Waals surface area contributed by atoms with Gasteiger partial charge in [-0.2, -0.15) is 0 Å². The zero-order chi connectivity index (χ0) is 11.4. The molecular weight excluding hydrogens is 270 g/mol. The number of nitrogens with one attached hydrogen (secondary N) is 1. The molecule has 0 fully saturated rings. The molecule has 86 valence electrons. The van der Waals surface area contributed by atoms with Crippen LogP contribution in [-0.2, 0) is 0 Å². The van der Waals surface area contributed by atoms with E-state index in [0.29, 0.717) is 0 Å². The van der Waals surface area contributed by atoms with E-state index >= 15 is 0 Å². The molecule has 6 heteroatoms. The van der Waals surface area contributed by atoms with Crippen molar-refractivity contribution in [3.05, 3.63) is 12.7 Å². The lowest BCUT2D eigenvalue weighted by molar-refractivity contribution is 0.786. The first-order chi connectivity index (χ1) is 7.86. The number of nitrogens with zero attached hydrogens (tertiary/aromatic N) is 4. The van der Waals surface area contributed by atoms with Crippen molar-refractivity contribution in [2.45, 2.75) is 13.3 Å². The van der Waals surface area contributed by atoms with E-state index in [1.807, 2.05) is 0 Å². The Kier molecular flexibility index (Phi) is 3.71. The number of hydrogen-bond acceptors (Lipinski definition) is 4. The summed E-state index contributed by atoms with van der Waals surface area (Å²) in [5, 5.41) is 1.00. The Balaban J connectivity index is 2.32. The van der Waals surface area contributed by atoms with Crippen LogP contribution in [0.5, 0.6) is 0 Å². The Hall–Kier alpha value is -1.17. The lowest BCUT2D eigenvalue weighted by Crippen LogP contribution is -2.25. The molecule has 0 aliphatic rings. The molecule has 0 saturated heterocycles. The number of alkyl halides is 1. The minimum absolute atomic E-state index is 0.724. The molecule has 0 bridgehead atoms. The van der Waals surface area contributed by atoms with Gasteiger partial charge in [0.1, 0.15) is 11.8 Å². The Bertz CT molecular complexity index is 455. The molecule has 2 aromatic rings. The second-order valence-electron chi connectivity index (χ2n) is 3.42. The van der Waals surface area contributed by atoms with Crippen LogP contribution in [-0.4, -0.2) is 38.4 Å². The average molecular weight is 284 g/mol. The molecule has 2 rings (SSSR count). The monoisotopic (exact) mass is 283 g/mol. The van der Waals surface area contributed by atoms with Gasteiger partial charge in [-0.05, 0) is 13.3 Å². The van der Waals surface area contributed by atoms with Gasteiger partial charge in [0, 0.05) is 18.4 Å². The maximum absolute atomic E-state index is 4.33. The van der Waals surface area contributed by atoms with Crippen molar-refractivity contribution in [2.24, 2.45) is 0 Å². The molecule has 0 spiro atoms. The van der Waals surface area contributed by atoms with Crippen LogP contribution in [0.1, 0.15) is 13.3 Å². The lowest BCUT2D eigenvalue weighted by atomic mass is 10.3. The van der Waals surface area contributed by atoms with Crippen molar-refractivity contribution in [1.29, 1.82) is 0 Å². The van der Waals surface area contributed by atoms with E-state index in [2.05, 4.69) is 47.7 Å². The summed E-state index contributed by atoms with van der Waals surface area (Å²) in [6.07, 6.45) is 4.31. The number of anilines is 1. The van der Waals surface area contributed by atoms with Crippen LogP contribution in [0.3, 0.4) is 0 Å². The molecule has 16 heavy (non-hydrogen) atoms. The van der Waals surface area contributed by atoms with Gasteiger partial charge in [-0.25, -0.2) is 15.0 Å². The zero-order valence-corrected chi connectivity index (χ0v) is 10.7. The molecule has 0 aliphatic carbocycles. The molecule has 0 amide bonds. The van der Waals surface area contributed by atoms with Crippen molar-refractivity contribution in [1.82, 2.24) is 19.9 Å². The molecule has 1 N–H and O–H groups in total. The molecule has 0 aromatic carbocycles. The summed E-state index contributed by atoms with van der Waals surface area (Å²) in [6.45, 7) is 4.03. The molecule has 0 unspecified atom stereocenters. The maximum Gasteiger partial charge on any atom is 0.182 e. The smallest absolute Gasteiger partial charge is 0.182 e. The average Bonchev–Trinajstić information content (AvgIpc) is 2.78. The summed E-state index contributed by atoms with van der Waals surface area (Å²) in [7, 11) is 0. The Morgan fingerprint density at radius 2 is 2.25 bits per heavy atom. The molecular formula is C10H14BrN5. The predicted molar refractivity (Wildman–Crippen MR) is 68.0 cm³/mol. The fourth-order valence-corrected chi connectivity index (χ4v) is 1.91. The van der Waals surface area contributed by atoms with Crippen LogP contribution < -0.4 is 4.90 Å². The number of fused-ring (bicyclic) bond motifs is 1. The second-order valence-corrected chi connectivity index (χ2v) is 4.21. The highest BCUT2D eigenvalue weighted by molar-refractivity contribution is 9.09. The van der Waals surface area contributed by atoms with Crippen LogP contribution in [0.25, 0.3) is 11.2 Å². The van der Waals surface area contributed by atoms with E-state index in [4.69, 9.17) is 0 Å². The van der Waals surface area contributed by atoms with E-state index in [-0.39, 0.29) is 0 Å². The second kappa shape index (κ2) is 5.25. The largest absolute Gasteiger partial charge is 0.355 e. The lowest BCUT2D eigenvalue weighted by Gasteiger charge is -2.21. The SMILES string of the molecule is CCN(CCCBr)c1ncnc2nc[nH]c12. The number of hydrogen-bond donors (Lipinski definition) is 1. The van der Waals surface area contributed by atoms with Gasteiger partial charge in [-0.3, -0.25) is 0 Å². The Morgan fingerprint density at radius 3 is 3.00 bits per heavy atom. The minimum atomic E-state index is 0.724. The van der Waals surface area contributed by atoms with Crippen LogP contribution in [0.4, 0.5) is 5.82 Å². The molecule has 0 saturated carbocycles. The van der Waals surface area contributed by atoms with Gasteiger partial charge in [0.05, 0.1) is 6.33 Å². The van der Waals surface area contributed by atoms with Gasteiger partial charge in [-0.15, -0.1) is 0 Å². The topological polar surface area (TPSA) is 57.7 Å². The fraction of sp³-hybridized carbons (Fsp3) is 0.500. The standard InChI is InChI=1S/C10H14BrN5/c1-2-16(5-3-4-11)10-8-9(13-6-12-8)14-7-15-10/h6-7H,2-5H2,1H3,(H,12,13,14,15). The summed E-state index contributed by atoms with van der Waals surface area (Å²) in [5.74, 6) is 0.936. The van der Waals surface area contributed by atoms with E-state index < -0.39 is 0 Å². The van der Waals surface area contributed by atoms with Gasteiger partial charge in [0.15, 0.2) is 11.5 Å². The van der Waals surface area contributed by atoms with Gasteiger partial charge >= 0.3 is 0 Å². The molecule has 2 heterocycles. The minimum Gasteiger partial charge on any atom is -0.355 e. The van der Waals surface area contributed by atoms with Crippen LogP contribution in [0.2, 0.25) is 0 Å². The highest BCUT2D eigenvalue weighted by atomic mass is 79.9. The highest BCUT2D eigenvalue weighted by Gasteiger charge is 2.11. The number of imidazole rings is 1. The molecule has 5 nitrogen and oxygen atoms in total. The number of halogens is 1. The summed E-state index contributed by atoms with van der Waals surface area (Å²) in [5.41, 5.74) is 1.64. The van der Waals surface area contributed by atoms with E-state index in [0.717, 1.165) is 41.8 Å². The summed E-state index contributed by atoms with van der Waals surface area (Å²) < 4.78 is 0. The third-order valence-corrected chi connectivity index (χ3v) is 3.01. The Morgan fingerprint density at radius 1 is 1.38 bits per heavy atom. The number of H-pyrrole nitrogens is 1. The van der Waals surface area contributed by atoms with Crippen molar-refractivity contribution in [3.63, 3.8) is 0 Å². The van der Waals surface area contributed by atoms with Crippen molar-refractivity contribution in [3.8, 4) is 0 Å². The molecule has 0 atom stereocenters. The summed E-state index contributed by atoms with van der Waals surface area (Å²) >= 11 is 3.44. The van der Waals surface area contributed by atoms with Crippen molar-refractivity contribution < 1.29 is 0 Å². The quantitative estimate of drug-likeness (QED) is 0.853. The first kappa shape index (κ1) is 11.3. The number of aromatic nitrogens is 4. The first-order valence-electron chi connectivity index (χ1n) is 5.31. The van der Waals surface area contributed by atoms with Crippen molar-refractivity contribution in [2.75, 3.05) is 23.3 Å². The van der Waals surface area contributed by atoms with E-state index in [1.54, 1.807) is 12.7 Å². The summed E-state index contributed by atoms with van der Waals surface area (Å²) in [4.78, 5) is 17.9. The van der Waals surface area contributed by atoms with Gasteiger partial charge in [-0.1, -0.05) is 15.9 Å².